The highest BCUT2D eigenvalue weighted by Gasteiger charge is 2.11. The molecular weight excluding hydrogens is 258 g/mol. The van der Waals surface area contributed by atoms with Crippen molar-refractivity contribution in [3.05, 3.63) is 29.6 Å². The number of aromatic nitrogens is 2. The van der Waals surface area contributed by atoms with E-state index in [1.165, 1.54) is 17.5 Å². The number of para-hydroxylation sites is 1. The average Bonchev–Trinajstić information content (AvgIpc) is 2.74. The average molecular weight is 280 g/mol. The number of hydrogen-bond donors (Lipinski definition) is 0. The Kier molecular flexibility index (Phi) is 4.83. The number of imidazole rings is 1. The van der Waals surface area contributed by atoms with Crippen molar-refractivity contribution in [3.63, 3.8) is 0 Å². The second kappa shape index (κ2) is 6.40. The van der Waals surface area contributed by atoms with Crippen LogP contribution in [0.25, 0.3) is 11.0 Å². The smallest absolute Gasteiger partial charge is 0.124 e. The van der Waals surface area contributed by atoms with E-state index in [4.69, 9.17) is 11.6 Å². The number of fused-ring (bicyclic) bond motifs is 1. The van der Waals surface area contributed by atoms with Crippen molar-refractivity contribution in [1.29, 1.82) is 0 Å². The number of nitrogens with zero attached hydrogens (tertiary/aromatic N) is 3. The Bertz CT molecular complexity index is 546. The van der Waals surface area contributed by atoms with E-state index in [2.05, 4.69) is 53.7 Å². The van der Waals surface area contributed by atoms with Crippen molar-refractivity contribution in [2.45, 2.75) is 32.2 Å². The Morgan fingerprint density at radius 2 is 2.05 bits per heavy atom. The van der Waals surface area contributed by atoms with Gasteiger partial charge < -0.3 is 9.47 Å². The Hall–Kier alpha value is -1.06. The Labute approximate surface area is 120 Å². The van der Waals surface area contributed by atoms with Crippen LogP contribution in [-0.4, -0.2) is 35.1 Å². The first-order valence-electron chi connectivity index (χ1n) is 6.79. The number of alkyl halides is 1. The van der Waals surface area contributed by atoms with Crippen molar-refractivity contribution >= 4 is 22.6 Å². The van der Waals surface area contributed by atoms with Gasteiger partial charge in [-0.3, -0.25) is 0 Å². The highest BCUT2D eigenvalue weighted by atomic mass is 35.5. The van der Waals surface area contributed by atoms with Crippen molar-refractivity contribution in [3.8, 4) is 0 Å². The third-order valence-corrected chi connectivity index (χ3v) is 3.64. The molecule has 0 saturated carbocycles. The quantitative estimate of drug-likeness (QED) is 0.597. The minimum absolute atomic E-state index is 0.474. The van der Waals surface area contributed by atoms with Crippen LogP contribution in [0.4, 0.5) is 0 Å². The SMILES string of the molecule is Cc1cccc2nc(CCl)n(CCCCN(C)C)c12. The molecule has 104 valence electrons. The lowest BCUT2D eigenvalue weighted by Crippen LogP contribution is -2.14. The summed E-state index contributed by atoms with van der Waals surface area (Å²) in [5.41, 5.74) is 3.57. The summed E-state index contributed by atoms with van der Waals surface area (Å²) < 4.78 is 2.29. The van der Waals surface area contributed by atoms with Crippen molar-refractivity contribution in [2.24, 2.45) is 0 Å². The second-order valence-corrected chi connectivity index (χ2v) is 5.53. The third-order valence-electron chi connectivity index (χ3n) is 3.40. The van der Waals surface area contributed by atoms with Crippen LogP contribution in [0.1, 0.15) is 24.2 Å². The van der Waals surface area contributed by atoms with E-state index >= 15 is 0 Å². The summed E-state index contributed by atoms with van der Waals surface area (Å²) in [7, 11) is 4.22. The van der Waals surface area contributed by atoms with Crippen LogP contribution in [0.15, 0.2) is 18.2 Å². The van der Waals surface area contributed by atoms with E-state index in [9.17, 15) is 0 Å². The lowest BCUT2D eigenvalue weighted by molar-refractivity contribution is 0.388. The van der Waals surface area contributed by atoms with Crippen LogP contribution in [0, 0.1) is 6.92 Å². The summed E-state index contributed by atoms with van der Waals surface area (Å²) in [6.45, 7) is 4.26. The van der Waals surface area contributed by atoms with Gasteiger partial charge in [-0.2, -0.15) is 0 Å². The highest BCUT2D eigenvalue weighted by molar-refractivity contribution is 6.16. The predicted octanol–water partition coefficient (Wildman–Crippen LogP) is 3.43. The molecule has 3 nitrogen and oxygen atoms in total. The zero-order valence-electron chi connectivity index (χ0n) is 12.0. The fourth-order valence-electron chi connectivity index (χ4n) is 2.45. The second-order valence-electron chi connectivity index (χ2n) is 5.27. The molecular formula is C15H22ClN3. The Morgan fingerprint density at radius 1 is 1.26 bits per heavy atom. The van der Waals surface area contributed by atoms with Gasteiger partial charge in [0.15, 0.2) is 0 Å². The molecule has 2 rings (SSSR count). The Balaban J connectivity index is 2.20. The molecule has 2 aromatic rings. The van der Waals surface area contributed by atoms with E-state index in [0.29, 0.717) is 5.88 Å². The molecule has 0 amide bonds. The molecule has 0 bridgehead atoms. The van der Waals surface area contributed by atoms with E-state index in [1.54, 1.807) is 0 Å². The maximum atomic E-state index is 6.03. The van der Waals surface area contributed by atoms with Gasteiger partial charge in [-0.25, -0.2) is 4.98 Å². The number of halogens is 1. The van der Waals surface area contributed by atoms with Crippen LogP contribution < -0.4 is 0 Å². The molecule has 0 fully saturated rings. The van der Waals surface area contributed by atoms with Crippen molar-refractivity contribution < 1.29 is 0 Å². The number of hydrogen-bond acceptors (Lipinski definition) is 2. The molecule has 0 aliphatic heterocycles. The first-order chi connectivity index (χ1) is 9.13. The van der Waals surface area contributed by atoms with Gasteiger partial charge in [0.1, 0.15) is 5.82 Å². The largest absolute Gasteiger partial charge is 0.327 e. The number of benzene rings is 1. The van der Waals surface area contributed by atoms with Gasteiger partial charge in [0, 0.05) is 6.54 Å². The van der Waals surface area contributed by atoms with E-state index in [-0.39, 0.29) is 0 Å². The predicted molar refractivity (Wildman–Crippen MR) is 81.8 cm³/mol. The zero-order chi connectivity index (χ0) is 13.8. The molecule has 0 saturated heterocycles. The van der Waals surface area contributed by atoms with Gasteiger partial charge in [0.05, 0.1) is 16.9 Å². The van der Waals surface area contributed by atoms with E-state index < -0.39 is 0 Å². The first-order valence-corrected chi connectivity index (χ1v) is 7.32. The maximum absolute atomic E-state index is 6.03. The molecule has 1 heterocycles. The summed E-state index contributed by atoms with van der Waals surface area (Å²) >= 11 is 6.03. The Morgan fingerprint density at radius 3 is 2.74 bits per heavy atom. The van der Waals surface area contributed by atoms with Crippen molar-refractivity contribution in [2.75, 3.05) is 20.6 Å². The molecule has 19 heavy (non-hydrogen) atoms. The van der Waals surface area contributed by atoms with E-state index in [1.807, 2.05) is 0 Å². The zero-order valence-corrected chi connectivity index (χ0v) is 12.7. The molecule has 1 aromatic carbocycles. The molecule has 1 aromatic heterocycles. The maximum Gasteiger partial charge on any atom is 0.124 e. The van der Waals surface area contributed by atoms with Gasteiger partial charge in [0.25, 0.3) is 0 Å². The van der Waals surface area contributed by atoms with Crippen LogP contribution in [0.3, 0.4) is 0 Å². The van der Waals surface area contributed by atoms with Gasteiger partial charge in [-0.05, 0) is 52.0 Å². The number of aryl methyl sites for hydroxylation is 2. The lowest BCUT2D eigenvalue weighted by atomic mass is 10.2. The van der Waals surface area contributed by atoms with Crippen LogP contribution in [-0.2, 0) is 12.4 Å². The topological polar surface area (TPSA) is 21.1 Å². The minimum atomic E-state index is 0.474. The molecule has 0 unspecified atom stereocenters. The monoisotopic (exact) mass is 279 g/mol. The number of unbranched alkanes of at least 4 members (excludes halogenated alkanes) is 1. The fourth-order valence-corrected chi connectivity index (χ4v) is 2.66. The summed E-state index contributed by atoms with van der Waals surface area (Å²) in [5, 5.41) is 0. The van der Waals surface area contributed by atoms with Crippen LogP contribution in [0.2, 0.25) is 0 Å². The van der Waals surface area contributed by atoms with Gasteiger partial charge >= 0.3 is 0 Å². The summed E-state index contributed by atoms with van der Waals surface area (Å²) in [4.78, 5) is 6.85. The molecule has 0 N–H and O–H groups in total. The highest BCUT2D eigenvalue weighted by Crippen LogP contribution is 2.21. The van der Waals surface area contributed by atoms with E-state index in [0.717, 1.165) is 30.9 Å². The van der Waals surface area contributed by atoms with Crippen LogP contribution >= 0.6 is 11.6 Å². The first kappa shape index (κ1) is 14.4. The summed E-state index contributed by atoms with van der Waals surface area (Å²) in [6, 6.07) is 6.26. The lowest BCUT2D eigenvalue weighted by Gasteiger charge is -2.11. The van der Waals surface area contributed by atoms with Crippen molar-refractivity contribution in [1.82, 2.24) is 14.5 Å². The summed E-state index contributed by atoms with van der Waals surface area (Å²) in [6.07, 6.45) is 2.35. The molecule has 4 heteroatoms. The standard InChI is InChI=1S/C15H22ClN3/c1-12-7-6-8-13-15(12)19(14(11-16)17-13)10-5-4-9-18(2)3/h6-8H,4-5,9-11H2,1-3H3. The molecule has 0 aliphatic carbocycles. The molecule has 0 spiro atoms. The fraction of sp³-hybridized carbons (Fsp3) is 0.533. The normalized spacial score (nSPS) is 11.6. The molecule has 0 atom stereocenters. The number of rotatable bonds is 6. The van der Waals surface area contributed by atoms with Gasteiger partial charge in [-0.15, -0.1) is 11.6 Å². The third kappa shape index (κ3) is 3.28. The summed E-state index contributed by atoms with van der Waals surface area (Å²) in [5.74, 6) is 1.46. The minimum Gasteiger partial charge on any atom is -0.327 e. The van der Waals surface area contributed by atoms with Crippen LogP contribution in [0.5, 0.6) is 0 Å². The molecule has 0 aliphatic rings. The van der Waals surface area contributed by atoms with Gasteiger partial charge in [-0.1, -0.05) is 12.1 Å². The van der Waals surface area contributed by atoms with Gasteiger partial charge in [0.2, 0.25) is 0 Å². The molecule has 0 radical (unpaired) electrons.